The van der Waals surface area contributed by atoms with Crippen LogP contribution in [0.5, 0.6) is 11.5 Å². The molecule has 0 saturated carbocycles. The second-order valence-electron chi connectivity index (χ2n) is 5.11. The van der Waals surface area contributed by atoms with Crippen molar-refractivity contribution in [3.8, 4) is 11.5 Å². The second-order valence-corrected chi connectivity index (χ2v) is 5.11. The Morgan fingerprint density at radius 1 is 1.14 bits per heavy atom. The SMILES string of the molecule is C[C@H](NC(=O)c1cccc(F)c1)c1ccc2c(c1)OCCO2. The average molecular weight is 301 g/mol. The van der Waals surface area contributed by atoms with Crippen LogP contribution in [-0.2, 0) is 0 Å². The van der Waals surface area contributed by atoms with Crippen LogP contribution in [0.4, 0.5) is 4.39 Å². The molecule has 22 heavy (non-hydrogen) atoms. The largest absolute Gasteiger partial charge is 0.486 e. The molecule has 0 spiro atoms. The van der Waals surface area contributed by atoms with E-state index in [0.717, 1.165) is 5.56 Å². The molecule has 1 aliphatic rings. The fourth-order valence-corrected chi connectivity index (χ4v) is 2.32. The van der Waals surface area contributed by atoms with E-state index in [1.165, 1.54) is 18.2 Å². The Hall–Kier alpha value is -2.56. The smallest absolute Gasteiger partial charge is 0.251 e. The maximum absolute atomic E-state index is 13.2. The first-order valence-electron chi connectivity index (χ1n) is 7.09. The fraction of sp³-hybridized carbons (Fsp3) is 0.235. The lowest BCUT2D eigenvalue weighted by Gasteiger charge is -2.21. The zero-order valence-corrected chi connectivity index (χ0v) is 12.1. The molecular formula is C17H16FNO3. The van der Waals surface area contributed by atoms with Crippen molar-refractivity contribution >= 4 is 5.91 Å². The highest BCUT2D eigenvalue weighted by atomic mass is 19.1. The Bertz CT molecular complexity index is 702. The fourth-order valence-electron chi connectivity index (χ4n) is 2.32. The highest BCUT2D eigenvalue weighted by Crippen LogP contribution is 2.32. The van der Waals surface area contributed by atoms with Gasteiger partial charge in [0.1, 0.15) is 19.0 Å². The minimum atomic E-state index is -0.431. The second kappa shape index (κ2) is 6.05. The van der Waals surface area contributed by atoms with E-state index in [0.29, 0.717) is 30.3 Å². The molecule has 0 aliphatic carbocycles. The summed E-state index contributed by atoms with van der Waals surface area (Å²) >= 11 is 0. The first-order valence-corrected chi connectivity index (χ1v) is 7.09. The van der Waals surface area contributed by atoms with E-state index < -0.39 is 5.82 Å². The Labute approximate surface area is 127 Å². The van der Waals surface area contributed by atoms with Gasteiger partial charge in [-0.1, -0.05) is 12.1 Å². The molecule has 1 amide bonds. The number of halogens is 1. The van der Waals surface area contributed by atoms with Crippen LogP contribution in [0, 0.1) is 5.82 Å². The average Bonchev–Trinajstić information content (AvgIpc) is 2.54. The van der Waals surface area contributed by atoms with Gasteiger partial charge in [-0.05, 0) is 42.8 Å². The number of carbonyl (C=O) groups excluding carboxylic acids is 1. The lowest BCUT2D eigenvalue weighted by Crippen LogP contribution is -2.27. The maximum Gasteiger partial charge on any atom is 0.251 e. The summed E-state index contributed by atoms with van der Waals surface area (Å²) in [6, 6.07) is 10.9. The van der Waals surface area contributed by atoms with Crippen molar-refractivity contribution in [2.24, 2.45) is 0 Å². The quantitative estimate of drug-likeness (QED) is 0.947. The number of hydrogen-bond acceptors (Lipinski definition) is 3. The molecule has 0 fully saturated rings. The standard InChI is InChI=1S/C17H16FNO3/c1-11(19-17(20)13-3-2-4-14(18)9-13)12-5-6-15-16(10-12)22-8-7-21-15/h2-6,9-11H,7-8H2,1H3,(H,19,20)/t11-/m0/s1. The van der Waals surface area contributed by atoms with Crippen molar-refractivity contribution in [3.63, 3.8) is 0 Å². The van der Waals surface area contributed by atoms with E-state index >= 15 is 0 Å². The third-order valence-electron chi connectivity index (χ3n) is 3.50. The van der Waals surface area contributed by atoms with Gasteiger partial charge in [-0.25, -0.2) is 4.39 Å². The number of nitrogens with one attached hydrogen (secondary N) is 1. The third kappa shape index (κ3) is 3.03. The van der Waals surface area contributed by atoms with Crippen LogP contribution in [-0.4, -0.2) is 19.1 Å². The van der Waals surface area contributed by atoms with E-state index in [1.807, 2.05) is 25.1 Å². The van der Waals surface area contributed by atoms with E-state index in [-0.39, 0.29) is 11.9 Å². The van der Waals surface area contributed by atoms with Gasteiger partial charge in [0.15, 0.2) is 11.5 Å². The summed E-state index contributed by atoms with van der Waals surface area (Å²) in [5.41, 5.74) is 1.19. The summed E-state index contributed by atoms with van der Waals surface area (Å²) in [7, 11) is 0. The van der Waals surface area contributed by atoms with Crippen LogP contribution in [0.1, 0.15) is 28.9 Å². The van der Waals surface area contributed by atoms with Gasteiger partial charge in [-0.3, -0.25) is 4.79 Å². The van der Waals surface area contributed by atoms with Crippen molar-refractivity contribution < 1.29 is 18.7 Å². The predicted molar refractivity (Wildman–Crippen MR) is 79.7 cm³/mol. The molecule has 2 aromatic rings. The van der Waals surface area contributed by atoms with E-state index in [1.54, 1.807) is 6.07 Å². The molecule has 0 aromatic heterocycles. The molecule has 0 radical (unpaired) electrons. The zero-order valence-electron chi connectivity index (χ0n) is 12.1. The zero-order chi connectivity index (χ0) is 15.5. The monoisotopic (exact) mass is 301 g/mol. The Morgan fingerprint density at radius 3 is 2.68 bits per heavy atom. The molecular weight excluding hydrogens is 285 g/mol. The van der Waals surface area contributed by atoms with Crippen LogP contribution in [0.25, 0.3) is 0 Å². The Kier molecular flexibility index (Phi) is 3.96. The molecule has 1 atom stereocenters. The van der Waals surface area contributed by atoms with Crippen molar-refractivity contribution in [1.82, 2.24) is 5.32 Å². The Morgan fingerprint density at radius 2 is 1.91 bits per heavy atom. The number of ether oxygens (including phenoxy) is 2. The van der Waals surface area contributed by atoms with Gasteiger partial charge in [0.25, 0.3) is 5.91 Å². The van der Waals surface area contributed by atoms with Crippen LogP contribution in [0.15, 0.2) is 42.5 Å². The summed E-state index contributed by atoms with van der Waals surface area (Å²) in [5, 5.41) is 2.84. The molecule has 5 heteroatoms. The number of hydrogen-bond donors (Lipinski definition) is 1. The van der Waals surface area contributed by atoms with Gasteiger partial charge in [0.05, 0.1) is 6.04 Å². The summed E-state index contributed by atoms with van der Waals surface area (Å²) in [6.07, 6.45) is 0. The van der Waals surface area contributed by atoms with Crippen LogP contribution in [0.2, 0.25) is 0 Å². The minimum absolute atomic E-state index is 0.230. The molecule has 114 valence electrons. The topological polar surface area (TPSA) is 47.6 Å². The van der Waals surface area contributed by atoms with Crippen LogP contribution < -0.4 is 14.8 Å². The van der Waals surface area contributed by atoms with Crippen molar-refractivity contribution in [3.05, 3.63) is 59.4 Å². The van der Waals surface area contributed by atoms with Crippen molar-refractivity contribution in [1.29, 1.82) is 0 Å². The first kappa shape index (κ1) is 14.4. The van der Waals surface area contributed by atoms with E-state index in [9.17, 15) is 9.18 Å². The van der Waals surface area contributed by atoms with E-state index in [2.05, 4.69) is 5.32 Å². The molecule has 2 aromatic carbocycles. The summed E-state index contributed by atoms with van der Waals surface area (Å²) in [6.45, 7) is 2.92. The molecule has 3 rings (SSSR count). The molecule has 0 bridgehead atoms. The van der Waals surface area contributed by atoms with Gasteiger partial charge < -0.3 is 14.8 Å². The summed E-state index contributed by atoms with van der Waals surface area (Å²) < 4.78 is 24.2. The molecule has 0 saturated heterocycles. The molecule has 0 unspecified atom stereocenters. The van der Waals surface area contributed by atoms with Gasteiger partial charge in [0, 0.05) is 5.56 Å². The van der Waals surface area contributed by atoms with Gasteiger partial charge in [-0.15, -0.1) is 0 Å². The number of rotatable bonds is 3. The van der Waals surface area contributed by atoms with Crippen LogP contribution in [0.3, 0.4) is 0 Å². The lowest BCUT2D eigenvalue weighted by atomic mass is 10.1. The summed E-state index contributed by atoms with van der Waals surface area (Å²) in [4.78, 5) is 12.1. The molecule has 4 nitrogen and oxygen atoms in total. The molecule has 1 aliphatic heterocycles. The highest BCUT2D eigenvalue weighted by Gasteiger charge is 2.16. The number of amides is 1. The maximum atomic E-state index is 13.2. The Balaban J connectivity index is 1.74. The molecule has 1 N–H and O–H groups in total. The number of carbonyl (C=O) groups is 1. The van der Waals surface area contributed by atoms with Gasteiger partial charge >= 0.3 is 0 Å². The third-order valence-corrected chi connectivity index (χ3v) is 3.50. The van der Waals surface area contributed by atoms with E-state index in [4.69, 9.17) is 9.47 Å². The van der Waals surface area contributed by atoms with Gasteiger partial charge in [0.2, 0.25) is 0 Å². The molecule has 1 heterocycles. The minimum Gasteiger partial charge on any atom is -0.486 e. The predicted octanol–water partition coefficient (Wildman–Crippen LogP) is 3.09. The summed E-state index contributed by atoms with van der Waals surface area (Å²) in [5.74, 6) is 0.635. The van der Waals surface area contributed by atoms with Crippen molar-refractivity contribution in [2.45, 2.75) is 13.0 Å². The first-order chi connectivity index (χ1) is 10.6. The highest BCUT2D eigenvalue weighted by molar-refractivity contribution is 5.94. The lowest BCUT2D eigenvalue weighted by molar-refractivity contribution is 0.0939. The number of fused-ring (bicyclic) bond motifs is 1. The van der Waals surface area contributed by atoms with Crippen molar-refractivity contribution in [2.75, 3.05) is 13.2 Å². The normalized spacial score (nSPS) is 14.3. The van der Waals surface area contributed by atoms with Gasteiger partial charge in [-0.2, -0.15) is 0 Å². The van der Waals surface area contributed by atoms with Crippen LogP contribution >= 0.6 is 0 Å². The number of benzene rings is 2.